The topological polar surface area (TPSA) is 3.24 Å². The number of nitrogens with zero attached hydrogens (tertiary/aromatic N) is 1. The maximum Gasteiger partial charge on any atom is 0.0236 e. The Kier molecular flexibility index (Phi) is 4.44. The van der Waals surface area contributed by atoms with E-state index in [1.807, 2.05) is 0 Å². The van der Waals surface area contributed by atoms with Crippen LogP contribution in [0.1, 0.15) is 30.9 Å². The van der Waals surface area contributed by atoms with Crippen molar-refractivity contribution in [1.82, 2.24) is 4.90 Å². The molecule has 1 heterocycles. The number of allylic oxidation sites excluding steroid dienone is 1. The standard InChI is InChI=1S/C21H25N/c1-3-14-21(20-12-8-5-9-13-20)15-18(2)22(17-21)16-19-10-6-4-7-11-19/h3-13,18H,1,14-17H2,2H3. The van der Waals surface area contributed by atoms with Gasteiger partial charge in [-0.3, -0.25) is 4.90 Å². The molecule has 0 saturated carbocycles. The molecule has 1 nitrogen and oxygen atoms in total. The first-order valence-corrected chi connectivity index (χ1v) is 8.18. The van der Waals surface area contributed by atoms with E-state index >= 15 is 0 Å². The summed E-state index contributed by atoms with van der Waals surface area (Å²) in [6.45, 7) is 8.51. The molecule has 2 unspecified atom stereocenters. The van der Waals surface area contributed by atoms with Crippen LogP contribution in [0.15, 0.2) is 73.3 Å². The zero-order valence-corrected chi connectivity index (χ0v) is 13.4. The average Bonchev–Trinajstić information content (AvgIpc) is 2.86. The molecule has 3 rings (SSSR count). The van der Waals surface area contributed by atoms with Crippen LogP contribution in [0.5, 0.6) is 0 Å². The number of rotatable bonds is 5. The van der Waals surface area contributed by atoms with Gasteiger partial charge in [0.2, 0.25) is 0 Å². The second-order valence-corrected chi connectivity index (χ2v) is 6.58. The Balaban J connectivity index is 1.84. The predicted molar refractivity (Wildman–Crippen MR) is 93.9 cm³/mol. The molecule has 114 valence electrons. The zero-order valence-electron chi connectivity index (χ0n) is 13.4. The molecule has 0 amide bonds. The lowest BCUT2D eigenvalue weighted by molar-refractivity contribution is 0.251. The molecule has 2 atom stereocenters. The summed E-state index contributed by atoms with van der Waals surface area (Å²) in [6.07, 6.45) is 4.34. The van der Waals surface area contributed by atoms with Crippen LogP contribution in [0.4, 0.5) is 0 Å². The minimum absolute atomic E-state index is 0.219. The molecule has 0 N–H and O–H groups in total. The van der Waals surface area contributed by atoms with Gasteiger partial charge in [0.15, 0.2) is 0 Å². The van der Waals surface area contributed by atoms with Crippen molar-refractivity contribution in [3.05, 3.63) is 84.4 Å². The SMILES string of the molecule is C=CCC1(c2ccccc2)CC(C)N(Cc2ccccc2)C1. The van der Waals surface area contributed by atoms with Gasteiger partial charge in [0.1, 0.15) is 0 Å². The summed E-state index contributed by atoms with van der Waals surface area (Å²) in [5, 5.41) is 0. The van der Waals surface area contributed by atoms with Crippen LogP contribution in [0, 0.1) is 0 Å². The smallest absolute Gasteiger partial charge is 0.0236 e. The average molecular weight is 291 g/mol. The highest BCUT2D eigenvalue weighted by Gasteiger charge is 2.42. The van der Waals surface area contributed by atoms with Crippen LogP contribution >= 0.6 is 0 Å². The normalized spacial score (nSPS) is 25.2. The van der Waals surface area contributed by atoms with Crippen LogP contribution in [-0.4, -0.2) is 17.5 Å². The summed E-state index contributed by atoms with van der Waals surface area (Å²) >= 11 is 0. The maximum atomic E-state index is 4.01. The van der Waals surface area contributed by atoms with Crippen LogP contribution in [0.3, 0.4) is 0 Å². The summed E-state index contributed by atoms with van der Waals surface area (Å²) < 4.78 is 0. The van der Waals surface area contributed by atoms with Gasteiger partial charge in [-0.25, -0.2) is 0 Å². The van der Waals surface area contributed by atoms with Gasteiger partial charge < -0.3 is 0 Å². The van der Waals surface area contributed by atoms with Crippen LogP contribution in [-0.2, 0) is 12.0 Å². The van der Waals surface area contributed by atoms with Gasteiger partial charge in [0.05, 0.1) is 0 Å². The van der Waals surface area contributed by atoms with E-state index in [1.54, 1.807) is 0 Å². The molecule has 1 aliphatic rings. The number of likely N-dealkylation sites (tertiary alicyclic amines) is 1. The first kappa shape index (κ1) is 15.1. The Hall–Kier alpha value is -1.86. The minimum Gasteiger partial charge on any atom is -0.295 e. The third kappa shape index (κ3) is 3.00. The van der Waals surface area contributed by atoms with Crippen LogP contribution < -0.4 is 0 Å². The van der Waals surface area contributed by atoms with Crippen molar-refractivity contribution in [2.75, 3.05) is 6.54 Å². The van der Waals surface area contributed by atoms with Crippen LogP contribution in [0.25, 0.3) is 0 Å². The van der Waals surface area contributed by atoms with E-state index in [-0.39, 0.29) is 5.41 Å². The van der Waals surface area contributed by atoms with Gasteiger partial charge >= 0.3 is 0 Å². The Morgan fingerprint density at radius 2 is 1.73 bits per heavy atom. The zero-order chi connectivity index (χ0) is 15.4. The molecule has 0 spiro atoms. The molecule has 1 aliphatic heterocycles. The second kappa shape index (κ2) is 6.50. The maximum absolute atomic E-state index is 4.01. The highest BCUT2D eigenvalue weighted by Crippen LogP contribution is 2.41. The molecule has 1 saturated heterocycles. The first-order valence-electron chi connectivity index (χ1n) is 8.18. The molecule has 1 fully saturated rings. The van der Waals surface area contributed by atoms with Crippen molar-refractivity contribution in [3.63, 3.8) is 0 Å². The lowest BCUT2D eigenvalue weighted by Gasteiger charge is -2.29. The minimum atomic E-state index is 0.219. The van der Waals surface area contributed by atoms with E-state index in [0.717, 1.165) is 19.5 Å². The Labute approximate surface area is 134 Å². The molecular weight excluding hydrogens is 266 g/mol. The van der Waals surface area contributed by atoms with Crippen molar-refractivity contribution in [2.45, 2.75) is 37.8 Å². The Morgan fingerprint density at radius 1 is 1.09 bits per heavy atom. The van der Waals surface area contributed by atoms with Gasteiger partial charge in [-0.2, -0.15) is 0 Å². The number of hydrogen-bond donors (Lipinski definition) is 0. The lowest BCUT2D eigenvalue weighted by Crippen LogP contribution is -2.31. The molecule has 0 aromatic heterocycles. The van der Waals surface area contributed by atoms with Crippen molar-refractivity contribution < 1.29 is 0 Å². The molecule has 2 aromatic carbocycles. The second-order valence-electron chi connectivity index (χ2n) is 6.58. The van der Waals surface area contributed by atoms with Crippen molar-refractivity contribution in [1.29, 1.82) is 0 Å². The Bertz CT molecular complexity index is 604. The molecule has 2 aromatic rings. The molecule has 0 aliphatic carbocycles. The highest BCUT2D eigenvalue weighted by atomic mass is 15.2. The van der Waals surface area contributed by atoms with E-state index in [2.05, 4.69) is 85.1 Å². The van der Waals surface area contributed by atoms with E-state index in [1.165, 1.54) is 17.5 Å². The fourth-order valence-corrected chi connectivity index (χ4v) is 3.88. The molecule has 0 bridgehead atoms. The van der Waals surface area contributed by atoms with Gasteiger partial charge in [0.25, 0.3) is 0 Å². The predicted octanol–water partition coefficient (Wildman–Crippen LogP) is 4.79. The number of benzene rings is 2. The molecular formula is C21H25N. The van der Waals surface area contributed by atoms with E-state index < -0.39 is 0 Å². The molecule has 22 heavy (non-hydrogen) atoms. The summed E-state index contributed by atoms with van der Waals surface area (Å²) in [5.41, 5.74) is 3.08. The fourth-order valence-electron chi connectivity index (χ4n) is 3.88. The van der Waals surface area contributed by atoms with Gasteiger partial charge in [-0.15, -0.1) is 6.58 Å². The first-order chi connectivity index (χ1) is 10.7. The largest absolute Gasteiger partial charge is 0.295 e. The number of hydrogen-bond acceptors (Lipinski definition) is 1. The van der Waals surface area contributed by atoms with E-state index in [0.29, 0.717) is 6.04 Å². The monoisotopic (exact) mass is 291 g/mol. The van der Waals surface area contributed by atoms with Gasteiger partial charge in [-0.1, -0.05) is 66.7 Å². The van der Waals surface area contributed by atoms with Gasteiger partial charge in [-0.05, 0) is 30.9 Å². The Morgan fingerprint density at radius 3 is 2.36 bits per heavy atom. The quantitative estimate of drug-likeness (QED) is 0.716. The third-order valence-corrected chi connectivity index (χ3v) is 4.96. The molecule has 0 radical (unpaired) electrons. The fraction of sp³-hybridized carbons (Fsp3) is 0.333. The summed E-state index contributed by atoms with van der Waals surface area (Å²) in [7, 11) is 0. The van der Waals surface area contributed by atoms with E-state index in [4.69, 9.17) is 0 Å². The highest BCUT2D eigenvalue weighted by molar-refractivity contribution is 5.29. The van der Waals surface area contributed by atoms with Crippen molar-refractivity contribution in [3.8, 4) is 0 Å². The third-order valence-electron chi connectivity index (χ3n) is 4.96. The summed E-state index contributed by atoms with van der Waals surface area (Å²) in [6, 6.07) is 22.4. The van der Waals surface area contributed by atoms with Crippen molar-refractivity contribution >= 4 is 0 Å². The summed E-state index contributed by atoms with van der Waals surface area (Å²) in [4.78, 5) is 2.62. The lowest BCUT2D eigenvalue weighted by atomic mass is 9.76. The van der Waals surface area contributed by atoms with Crippen LogP contribution in [0.2, 0.25) is 0 Å². The molecule has 1 heteroatoms. The summed E-state index contributed by atoms with van der Waals surface area (Å²) in [5.74, 6) is 0. The van der Waals surface area contributed by atoms with Crippen molar-refractivity contribution in [2.24, 2.45) is 0 Å². The van der Waals surface area contributed by atoms with E-state index in [9.17, 15) is 0 Å². The van der Waals surface area contributed by atoms with Gasteiger partial charge in [0, 0.05) is 24.5 Å².